The number of anilines is 6. The van der Waals surface area contributed by atoms with Gasteiger partial charge in [-0.15, -0.1) is 0 Å². The van der Waals surface area contributed by atoms with E-state index >= 15 is 0 Å². The van der Waals surface area contributed by atoms with Gasteiger partial charge in [0.1, 0.15) is 0 Å². The molecule has 0 bridgehead atoms. The highest BCUT2D eigenvalue weighted by atomic mass is 15.2. The van der Waals surface area contributed by atoms with Crippen LogP contribution in [-0.4, -0.2) is 0 Å². The maximum absolute atomic E-state index is 2.50. The second-order valence-corrected chi connectivity index (χ2v) is 21.7. The smallest absolute Gasteiger partial charge is 0.0546 e. The van der Waals surface area contributed by atoms with Crippen LogP contribution in [0.25, 0.3) is 32.3 Å². The summed E-state index contributed by atoms with van der Waals surface area (Å²) in [7, 11) is 0. The number of aryl methyl sites for hydroxylation is 2. The molecule has 74 heavy (non-hydrogen) atoms. The third-order valence-corrected chi connectivity index (χ3v) is 16.0. The first kappa shape index (κ1) is 50.1. The van der Waals surface area contributed by atoms with E-state index in [1.807, 2.05) is 0 Å². The third-order valence-electron chi connectivity index (χ3n) is 16.0. The summed E-state index contributed by atoms with van der Waals surface area (Å²) in [6, 6.07) is 82.4. The summed E-state index contributed by atoms with van der Waals surface area (Å²) < 4.78 is 0. The van der Waals surface area contributed by atoms with Gasteiger partial charge in [-0.05, 0) is 141 Å². The molecule has 0 heterocycles. The molecule has 0 saturated carbocycles. The van der Waals surface area contributed by atoms with Gasteiger partial charge in [0, 0.05) is 44.4 Å². The Morgan fingerprint density at radius 1 is 0.284 bits per heavy atom. The fourth-order valence-corrected chi connectivity index (χ4v) is 11.4. The van der Waals surface area contributed by atoms with Crippen LogP contribution >= 0.6 is 0 Å². The number of rotatable bonds is 20. The summed E-state index contributed by atoms with van der Waals surface area (Å²) in [5.74, 6) is 0. The number of benzene rings is 10. The molecule has 10 rings (SSSR count). The van der Waals surface area contributed by atoms with Crippen molar-refractivity contribution in [2.45, 2.75) is 117 Å². The lowest BCUT2D eigenvalue weighted by atomic mass is 9.78. The molecule has 0 atom stereocenters. The number of nitrogens with zero attached hydrogens (tertiary/aromatic N) is 2. The van der Waals surface area contributed by atoms with Gasteiger partial charge < -0.3 is 9.80 Å². The number of unbranched alkanes of at least 4 members (excludes halogenated alkanes) is 6. The monoisotopic (exact) mass is 967 g/mol. The van der Waals surface area contributed by atoms with E-state index in [0.717, 1.165) is 35.6 Å². The molecule has 0 N–H and O–H groups in total. The van der Waals surface area contributed by atoms with Gasteiger partial charge in [0.25, 0.3) is 0 Å². The van der Waals surface area contributed by atoms with Crippen LogP contribution in [-0.2, 0) is 23.7 Å². The zero-order chi connectivity index (χ0) is 51.1. The predicted molar refractivity (Wildman–Crippen MR) is 321 cm³/mol. The van der Waals surface area contributed by atoms with Crippen molar-refractivity contribution in [3.05, 3.63) is 252 Å². The van der Waals surface area contributed by atoms with Crippen molar-refractivity contribution in [1.82, 2.24) is 0 Å². The van der Waals surface area contributed by atoms with Crippen LogP contribution in [0.5, 0.6) is 0 Å². The van der Waals surface area contributed by atoms with E-state index in [0.29, 0.717) is 0 Å². The van der Waals surface area contributed by atoms with Gasteiger partial charge in [0.2, 0.25) is 0 Å². The molecule has 0 aliphatic heterocycles. The van der Waals surface area contributed by atoms with Crippen molar-refractivity contribution >= 4 is 66.4 Å². The van der Waals surface area contributed by atoms with Crippen LogP contribution in [0.4, 0.5) is 34.1 Å². The summed E-state index contributed by atoms with van der Waals surface area (Å²) >= 11 is 0. The van der Waals surface area contributed by atoms with Crippen LogP contribution in [0.1, 0.15) is 126 Å². The lowest BCUT2D eigenvalue weighted by Gasteiger charge is -2.31. The molecule has 2 heteroatoms. The Morgan fingerprint density at radius 3 is 0.919 bits per heavy atom. The second-order valence-electron chi connectivity index (χ2n) is 21.7. The molecule has 10 aromatic rings. The minimum absolute atomic E-state index is 0.152. The maximum Gasteiger partial charge on any atom is 0.0546 e. The summed E-state index contributed by atoms with van der Waals surface area (Å²) in [6.45, 7) is 13.9. The normalized spacial score (nSPS) is 11.9. The van der Waals surface area contributed by atoms with Gasteiger partial charge in [-0.2, -0.15) is 0 Å². The number of hydrogen-bond acceptors (Lipinski definition) is 2. The molecule has 0 unspecified atom stereocenters. The Labute approximate surface area is 442 Å². The lowest BCUT2D eigenvalue weighted by molar-refractivity contribution is 0.641. The molecule has 0 aliphatic rings. The lowest BCUT2D eigenvalue weighted by Crippen LogP contribution is -2.19. The Bertz CT molecular complexity index is 3190. The Balaban J connectivity index is 1.14. The SMILES string of the molecule is CCCCCCc1ccc(N(c2ccc(C(C)(C)c3ccccc3)cc2)c2cc3c4ccccc4c(N(c4ccc(CCCCCC)cc4)c4ccc(C(C)(C)c5ccccc5)cc4)cc3c3ccccc23)cc1. The molecule has 0 amide bonds. The molecule has 0 aromatic heterocycles. The van der Waals surface area contributed by atoms with Crippen LogP contribution in [0.3, 0.4) is 0 Å². The third kappa shape index (κ3) is 10.4. The molecule has 2 nitrogen and oxygen atoms in total. The fraction of sp³-hybridized carbons (Fsp3) is 0.250. The van der Waals surface area contributed by atoms with Crippen LogP contribution in [0.2, 0.25) is 0 Å². The molecular weight excluding hydrogens is 893 g/mol. The van der Waals surface area contributed by atoms with Crippen LogP contribution < -0.4 is 9.80 Å². The Hall–Kier alpha value is -7.42. The van der Waals surface area contributed by atoms with Crippen molar-refractivity contribution in [2.75, 3.05) is 9.80 Å². The topological polar surface area (TPSA) is 6.48 Å². The largest absolute Gasteiger partial charge is 0.310 e. The molecule has 372 valence electrons. The standard InChI is InChI=1S/C72H74N2/c1-7-9-11-15-25-53-35-43-59(44-36-53)73(61-47-39-57(40-48-61)71(3,4)55-27-17-13-18-28-55)69-51-67-64-32-22-24-34-66(64)70(52-68(67)63-31-21-23-33-65(63)69)74(60-45-37-54(38-46-60)26-16-12-10-8-2)62-49-41-58(42-50-62)72(5,6)56-29-19-14-20-30-56/h13-14,17-24,27-52H,7-12,15-16,25-26H2,1-6H3. The first-order valence-corrected chi connectivity index (χ1v) is 27.6. The van der Waals surface area contributed by atoms with E-state index in [1.54, 1.807) is 0 Å². The van der Waals surface area contributed by atoms with Crippen molar-refractivity contribution in [3.63, 3.8) is 0 Å². The molecular formula is C72H74N2. The summed E-state index contributed by atoms with van der Waals surface area (Å²) in [4.78, 5) is 5.00. The maximum atomic E-state index is 2.50. The van der Waals surface area contributed by atoms with E-state index in [9.17, 15) is 0 Å². The highest BCUT2D eigenvalue weighted by Crippen LogP contribution is 2.48. The molecule has 0 saturated heterocycles. The van der Waals surface area contributed by atoms with E-state index in [-0.39, 0.29) is 10.8 Å². The second kappa shape index (κ2) is 22.4. The number of fused-ring (bicyclic) bond motifs is 5. The van der Waals surface area contributed by atoms with Gasteiger partial charge in [-0.1, -0.05) is 238 Å². The average Bonchev–Trinajstić information content (AvgIpc) is 3.45. The fourth-order valence-electron chi connectivity index (χ4n) is 11.4. The minimum Gasteiger partial charge on any atom is -0.310 e. The summed E-state index contributed by atoms with van der Waals surface area (Å²) in [5, 5.41) is 7.36. The minimum atomic E-state index is -0.152. The highest BCUT2D eigenvalue weighted by molar-refractivity contribution is 6.24. The highest BCUT2D eigenvalue weighted by Gasteiger charge is 2.27. The Morgan fingerprint density at radius 2 is 0.581 bits per heavy atom. The van der Waals surface area contributed by atoms with Gasteiger partial charge in [0.15, 0.2) is 0 Å². The van der Waals surface area contributed by atoms with Gasteiger partial charge in [0.05, 0.1) is 11.4 Å². The number of hydrogen-bond donors (Lipinski definition) is 0. The van der Waals surface area contributed by atoms with E-state index < -0.39 is 0 Å². The van der Waals surface area contributed by atoms with Crippen LogP contribution in [0, 0.1) is 0 Å². The van der Waals surface area contributed by atoms with E-state index in [4.69, 9.17) is 0 Å². The predicted octanol–water partition coefficient (Wildman–Crippen LogP) is 21.0. The van der Waals surface area contributed by atoms with E-state index in [2.05, 4.69) is 270 Å². The zero-order valence-electron chi connectivity index (χ0n) is 44.8. The molecule has 0 aliphatic carbocycles. The van der Waals surface area contributed by atoms with Crippen molar-refractivity contribution < 1.29 is 0 Å². The van der Waals surface area contributed by atoms with Crippen molar-refractivity contribution in [2.24, 2.45) is 0 Å². The molecule has 0 spiro atoms. The van der Waals surface area contributed by atoms with E-state index in [1.165, 1.54) is 128 Å². The van der Waals surface area contributed by atoms with Gasteiger partial charge >= 0.3 is 0 Å². The quantitative estimate of drug-likeness (QED) is 0.0555. The first-order chi connectivity index (χ1) is 36.1. The summed E-state index contributed by atoms with van der Waals surface area (Å²) in [5.41, 5.74) is 14.6. The Kier molecular flexibility index (Phi) is 15.2. The molecule has 10 aromatic carbocycles. The zero-order valence-corrected chi connectivity index (χ0v) is 44.8. The van der Waals surface area contributed by atoms with Crippen molar-refractivity contribution in [1.29, 1.82) is 0 Å². The van der Waals surface area contributed by atoms with Gasteiger partial charge in [-0.3, -0.25) is 0 Å². The first-order valence-electron chi connectivity index (χ1n) is 27.6. The van der Waals surface area contributed by atoms with Crippen molar-refractivity contribution in [3.8, 4) is 0 Å². The average molecular weight is 967 g/mol. The van der Waals surface area contributed by atoms with Gasteiger partial charge in [-0.25, -0.2) is 0 Å². The van der Waals surface area contributed by atoms with Crippen LogP contribution in [0.15, 0.2) is 218 Å². The molecule has 0 fully saturated rings. The summed E-state index contributed by atoms with van der Waals surface area (Å²) in [6.07, 6.45) is 12.3. The molecule has 0 radical (unpaired) electrons.